The lowest BCUT2D eigenvalue weighted by Crippen LogP contribution is -2.56. The highest BCUT2D eigenvalue weighted by Crippen LogP contribution is 2.34. The molecule has 3 fully saturated rings. The molecule has 27 heavy (non-hydrogen) atoms. The second-order valence-electron chi connectivity index (χ2n) is 9.11. The average Bonchev–Trinajstić information content (AvgIpc) is 2.71. The molecule has 4 rings (SSSR count). The van der Waals surface area contributed by atoms with Crippen LogP contribution in [-0.2, 0) is 17.8 Å². The highest BCUT2D eigenvalue weighted by atomic mass is 16.2. The molecular formula is C24H36N2O. The Kier molecular flexibility index (Phi) is 6.17. The van der Waals surface area contributed by atoms with Gasteiger partial charge in [-0.25, -0.2) is 0 Å². The molecule has 0 N–H and O–H groups in total. The number of benzene rings is 1. The van der Waals surface area contributed by atoms with E-state index in [4.69, 9.17) is 0 Å². The Labute approximate surface area is 165 Å². The van der Waals surface area contributed by atoms with Crippen LogP contribution in [0, 0.1) is 11.8 Å². The molecule has 148 valence electrons. The maximum absolute atomic E-state index is 12.7. The lowest BCUT2D eigenvalue weighted by molar-refractivity contribution is -0.142. The summed E-state index contributed by atoms with van der Waals surface area (Å²) in [7, 11) is 0. The smallest absolute Gasteiger partial charge is 0.222 e. The molecule has 2 heterocycles. The summed E-state index contributed by atoms with van der Waals surface area (Å²) in [5.74, 6) is 1.87. The van der Waals surface area contributed by atoms with E-state index < -0.39 is 0 Å². The monoisotopic (exact) mass is 368 g/mol. The molecule has 1 aromatic carbocycles. The summed E-state index contributed by atoms with van der Waals surface area (Å²) < 4.78 is 0. The van der Waals surface area contributed by atoms with Crippen molar-refractivity contribution in [3.8, 4) is 0 Å². The van der Waals surface area contributed by atoms with Crippen molar-refractivity contribution in [2.75, 3.05) is 19.6 Å². The van der Waals surface area contributed by atoms with Crippen molar-refractivity contribution in [1.29, 1.82) is 0 Å². The first-order valence-electron chi connectivity index (χ1n) is 11.3. The van der Waals surface area contributed by atoms with Crippen LogP contribution in [0.2, 0.25) is 0 Å². The standard InChI is InChI=1S/C24H36N2O/c1-2-19-8-10-21(11-9-19)16-25-15-14-23-22(18-25)12-13-24(27)26(23)17-20-6-4-3-5-7-20/h8-11,20,22-23H,2-7,12-18H2,1H3/t22-,23+/m1/s1. The Morgan fingerprint density at radius 3 is 2.44 bits per heavy atom. The van der Waals surface area contributed by atoms with Crippen molar-refractivity contribution in [2.24, 2.45) is 11.8 Å². The lowest BCUT2D eigenvalue weighted by Gasteiger charge is -2.48. The highest BCUT2D eigenvalue weighted by molar-refractivity contribution is 5.77. The highest BCUT2D eigenvalue weighted by Gasteiger charge is 2.39. The fourth-order valence-electron chi connectivity index (χ4n) is 5.59. The van der Waals surface area contributed by atoms with Crippen LogP contribution in [0.15, 0.2) is 24.3 Å². The Morgan fingerprint density at radius 2 is 1.70 bits per heavy atom. The van der Waals surface area contributed by atoms with Gasteiger partial charge in [0.1, 0.15) is 0 Å². The molecule has 2 aliphatic heterocycles. The van der Waals surface area contributed by atoms with Gasteiger partial charge < -0.3 is 4.90 Å². The number of amides is 1. The first-order chi connectivity index (χ1) is 13.2. The summed E-state index contributed by atoms with van der Waals surface area (Å²) in [5, 5.41) is 0. The number of nitrogens with zero attached hydrogens (tertiary/aromatic N) is 2. The normalized spacial score (nSPS) is 27.6. The number of hydrogen-bond acceptors (Lipinski definition) is 2. The van der Waals surface area contributed by atoms with E-state index in [0.29, 0.717) is 17.9 Å². The number of rotatable bonds is 5. The van der Waals surface area contributed by atoms with Crippen molar-refractivity contribution >= 4 is 5.91 Å². The second kappa shape index (κ2) is 8.77. The van der Waals surface area contributed by atoms with Crippen LogP contribution in [0.5, 0.6) is 0 Å². The summed E-state index contributed by atoms with van der Waals surface area (Å²) in [6.45, 7) is 6.60. The molecule has 3 heteroatoms. The van der Waals surface area contributed by atoms with Crippen molar-refractivity contribution in [1.82, 2.24) is 9.80 Å². The summed E-state index contributed by atoms with van der Waals surface area (Å²) in [6.07, 6.45) is 10.9. The minimum absolute atomic E-state index is 0.436. The maximum Gasteiger partial charge on any atom is 0.222 e. The minimum Gasteiger partial charge on any atom is -0.339 e. The quantitative estimate of drug-likeness (QED) is 0.756. The van der Waals surface area contributed by atoms with Crippen LogP contribution >= 0.6 is 0 Å². The zero-order chi connectivity index (χ0) is 18.6. The Bertz CT molecular complexity index is 620. The fraction of sp³-hybridized carbons (Fsp3) is 0.708. The summed E-state index contributed by atoms with van der Waals surface area (Å²) >= 11 is 0. The van der Waals surface area contributed by atoms with E-state index in [-0.39, 0.29) is 0 Å². The predicted molar refractivity (Wildman–Crippen MR) is 111 cm³/mol. The Morgan fingerprint density at radius 1 is 0.963 bits per heavy atom. The zero-order valence-electron chi connectivity index (χ0n) is 17.0. The van der Waals surface area contributed by atoms with Gasteiger partial charge in [0.05, 0.1) is 0 Å². The van der Waals surface area contributed by atoms with E-state index >= 15 is 0 Å². The third kappa shape index (κ3) is 4.56. The van der Waals surface area contributed by atoms with Gasteiger partial charge in [-0.05, 0) is 55.1 Å². The predicted octanol–water partition coefficient (Wildman–Crippen LogP) is 4.64. The third-order valence-electron chi connectivity index (χ3n) is 7.24. The number of aryl methyl sites for hydroxylation is 1. The van der Waals surface area contributed by atoms with E-state index in [1.807, 2.05) is 0 Å². The molecule has 0 spiro atoms. The molecule has 0 unspecified atom stereocenters. The largest absolute Gasteiger partial charge is 0.339 e. The van der Waals surface area contributed by atoms with Crippen LogP contribution in [0.1, 0.15) is 69.4 Å². The van der Waals surface area contributed by atoms with Gasteiger partial charge >= 0.3 is 0 Å². The van der Waals surface area contributed by atoms with Crippen molar-refractivity contribution in [3.63, 3.8) is 0 Å². The molecule has 0 radical (unpaired) electrons. The van der Waals surface area contributed by atoms with Gasteiger partial charge in [-0.3, -0.25) is 9.69 Å². The van der Waals surface area contributed by atoms with Gasteiger partial charge in [-0.2, -0.15) is 0 Å². The number of carbonyl (C=O) groups is 1. The number of carbonyl (C=O) groups excluding carboxylic acids is 1. The van der Waals surface area contributed by atoms with Crippen molar-refractivity contribution < 1.29 is 4.79 Å². The van der Waals surface area contributed by atoms with Crippen LogP contribution < -0.4 is 0 Å². The van der Waals surface area contributed by atoms with E-state index in [1.165, 1.54) is 43.2 Å². The van der Waals surface area contributed by atoms with Crippen LogP contribution in [0.3, 0.4) is 0 Å². The molecule has 3 nitrogen and oxygen atoms in total. The second-order valence-corrected chi connectivity index (χ2v) is 9.11. The van der Waals surface area contributed by atoms with Gasteiger partial charge in [-0.15, -0.1) is 0 Å². The number of likely N-dealkylation sites (tertiary alicyclic amines) is 2. The molecule has 0 aromatic heterocycles. The van der Waals surface area contributed by atoms with Crippen molar-refractivity contribution in [3.05, 3.63) is 35.4 Å². The van der Waals surface area contributed by atoms with Gasteiger partial charge in [0.25, 0.3) is 0 Å². The van der Waals surface area contributed by atoms with E-state index in [9.17, 15) is 4.79 Å². The number of piperidine rings is 2. The van der Waals surface area contributed by atoms with E-state index in [2.05, 4.69) is 41.0 Å². The van der Waals surface area contributed by atoms with E-state index in [1.54, 1.807) is 0 Å². The topological polar surface area (TPSA) is 23.6 Å². The van der Waals surface area contributed by atoms with Gasteiger partial charge in [0, 0.05) is 38.6 Å². The van der Waals surface area contributed by atoms with Gasteiger partial charge in [-0.1, -0.05) is 50.5 Å². The number of hydrogen-bond donors (Lipinski definition) is 0. The molecule has 3 aliphatic rings. The Hall–Kier alpha value is -1.35. The molecule has 1 aliphatic carbocycles. The maximum atomic E-state index is 12.7. The van der Waals surface area contributed by atoms with Crippen LogP contribution in [0.4, 0.5) is 0 Å². The third-order valence-corrected chi connectivity index (χ3v) is 7.24. The summed E-state index contributed by atoms with van der Waals surface area (Å²) in [6, 6.07) is 9.64. The lowest BCUT2D eigenvalue weighted by atomic mass is 9.81. The molecule has 1 aromatic rings. The minimum atomic E-state index is 0.436. The Balaban J connectivity index is 1.35. The average molecular weight is 369 g/mol. The van der Waals surface area contributed by atoms with Crippen LogP contribution in [0.25, 0.3) is 0 Å². The fourth-order valence-corrected chi connectivity index (χ4v) is 5.59. The van der Waals surface area contributed by atoms with Gasteiger partial charge in [0.2, 0.25) is 5.91 Å². The van der Waals surface area contributed by atoms with Crippen molar-refractivity contribution in [2.45, 2.75) is 77.3 Å². The summed E-state index contributed by atoms with van der Waals surface area (Å²) in [4.78, 5) is 17.6. The summed E-state index contributed by atoms with van der Waals surface area (Å²) in [5.41, 5.74) is 2.85. The van der Waals surface area contributed by atoms with E-state index in [0.717, 1.165) is 57.8 Å². The molecule has 2 atom stereocenters. The number of fused-ring (bicyclic) bond motifs is 1. The first-order valence-corrected chi connectivity index (χ1v) is 11.3. The SMILES string of the molecule is CCc1ccc(CN2CC[C@H]3[C@H](CCC(=O)N3CC3CCCCC3)C2)cc1. The zero-order valence-corrected chi connectivity index (χ0v) is 17.0. The van der Waals surface area contributed by atoms with Gasteiger partial charge in [0.15, 0.2) is 0 Å². The molecule has 1 saturated carbocycles. The molecule has 0 bridgehead atoms. The first kappa shape index (κ1) is 19.0. The van der Waals surface area contributed by atoms with Crippen LogP contribution in [-0.4, -0.2) is 41.4 Å². The molecular weight excluding hydrogens is 332 g/mol. The molecule has 2 saturated heterocycles. The molecule has 1 amide bonds.